The number of nitrogens with one attached hydrogen (secondary N) is 1. The Hall–Kier alpha value is -1.16. The van der Waals surface area contributed by atoms with E-state index in [1.54, 1.807) is 0 Å². The third-order valence-corrected chi connectivity index (χ3v) is 3.36. The van der Waals surface area contributed by atoms with Crippen molar-refractivity contribution in [2.24, 2.45) is 5.92 Å². The van der Waals surface area contributed by atoms with Gasteiger partial charge < -0.3 is 10.2 Å². The molecule has 1 saturated carbocycles. The summed E-state index contributed by atoms with van der Waals surface area (Å²) in [4.78, 5) is 11.5. The lowest BCUT2D eigenvalue weighted by Gasteiger charge is -2.23. The van der Waals surface area contributed by atoms with Crippen molar-refractivity contribution in [3.8, 4) is 0 Å². The highest BCUT2D eigenvalue weighted by Crippen LogP contribution is 2.30. The number of aromatic nitrogens is 2. The van der Waals surface area contributed by atoms with Crippen molar-refractivity contribution in [2.45, 2.75) is 52.6 Å². The predicted octanol–water partition coefficient (Wildman–Crippen LogP) is 2.60. The topological polar surface area (TPSA) is 41.1 Å². The Kier molecular flexibility index (Phi) is 5.14. The molecule has 4 heteroatoms. The van der Waals surface area contributed by atoms with Gasteiger partial charge in [-0.2, -0.15) is 0 Å². The van der Waals surface area contributed by atoms with E-state index in [2.05, 4.69) is 36.0 Å². The largest absolute Gasteiger partial charge is 0.355 e. The molecule has 0 amide bonds. The van der Waals surface area contributed by atoms with Gasteiger partial charge in [-0.3, -0.25) is 4.98 Å². The molecule has 0 radical (unpaired) electrons. The van der Waals surface area contributed by atoms with Crippen molar-refractivity contribution in [1.29, 1.82) is 0 Å². The highest BCUT2D eigenvalue weighted by molar-refractivity contribution is 5.36. The number of nitrogens with zero attached hydrogens (tertiary/aromatic N) is 3. The zero-order valence-corrected chi connectivity index (χ0v) is 12.4. The average molecular weight is 262 g/mol. The summed E-state index contributed by atoms with van der Waals surface area (Å²) < 4.78 is 0. The van der Waals surface area contributed by atoms with E-state index in [1.807, 2.05) is 12.4 Å². The van der Waals surface area contributed by atoms with Crippen molar-refractivity contribution >= 4 is 5.82 Å². The summed E-state index contributed by atoms with van der Waals surface area (Å²) in [6.07, 6.45) is 7.67. The van der Waals surface area contributed by atoms with Gasteiger partial charge in [0.15, 0.2) is 0 Å². The second-order valence-corrected chi connectivity index (χ2v) is 5.79. The molecule has 1 heterocycles. The Morgan fingerprint density at radius 1 is 1.37 bits per heavy atom. The molecule has 19 heavy (non-hydrogen) atoms. The standard InChI is InChI=1S/C15H26N4/c1-4-7-19(11-13-5-6-13)15-10-16-8-14(18-15)9-17-12(2)3/h8,10,12-13,17H,4-7,9,11H2,1-3H3. The molecule has 0 bridgehead atoms. The zero-order chi connectivity index (χ0) is 13.7. The first-order chi connectivity index (χ1) is 9.19. The molecular formula is C15H26N4. The molecule has 1 aliphatic carbocycles. The Labute approximate surface area is 116 Å². The van der Waals surface area contributed by atoms with Gasteiger partial charge in [-0.1, -0.05) is 20.8 Å². The summed E-state index contributed by atoms with van der Waals surface area (Å²) in [7, 11) is 0. The summed E-state index contributed by atoms with van der Waals surface area (Å²) in [6.45, 7) is 9.52. The average Bonchev–Trinajstić information content (AvgIpc) is 3.20. The minimum atomic E-state index is 0.476. The molecule has 1 fully saturated rings. The lowest BCUT2D eigenvalue weighted by atomic mass is 10.3. The van der Waals surface area contributed by atoms with Crippen LogP contribution in [0.2, 0.25) is 0 Å². The maximum atomic E-state index is 4.75. The second-order valence-electron chi connectivity index (χ2n) is 5.79. The number of rotatable bonds is 8. The van der Waals surface area contributed by atoms with Gasteiger partial charge in [0.1, 0.15) is 5.82 Å². The number of anilines is 1. The van der Waals surface area contributed by atoms with Crippen molar-refractivity contribution in [3.05, 3.63) is 18.1 Å². The molecule has 0 aliphatic heterocycles. The first-order valence-corrected chi connectivity index (χ1v) is 7.48. The Morgan fingerprint density at radius 3 is 2.79 bits per heavy atom. The first kappa shape index (κ1) is 14.3. The van der Waals surface area contributed by atoms with Gasteiger partial charge in [-0.25, -0.2) is 4.98 Å². The van der Waals surface area contributed by atoms with Gasteiger partial charge in [0.05, 0.1) is 11.9 Å². The Morgan fingerprint density at radius 2 is 2.16 bits per heavy atom. The SMILES string of the molecule is CCCN(CC1CC1)c1cncc(CNC(C)C)n1. The molecule has 1 aliphatic rings. The molecule has 106 valence electrons. The van der Waals surface area contributed by atoms with E-state index < -0.39 is 0 Å². The van der Waals surface area contributed by atoms with Crippen LogP contribution >= 0.6 is 0 Å². The molecule has 0 saturated heterocycles. The minimum Gasteiger partial charge on any atom is -0.355 e. The minimum absolute atomic E-state index is 0.476. The lowest BCUT2D eigenvalue weighted by molar-refractivity contribution is 0.579. The molecule has 2 rings (SSSR count). The summed E-state index contributed by atoms with van der Waals surface area (Å²) in [6, 6.07) is 0.476. The summed E-state index contributed by atoms with van der Waals surface area (Å²) in [5, 5.41) is 3.39. The van der Waals surface area contributed by atoms with Crippen LogP contribution in [0.4, 0.5) is 5.82 Å². The van der Waals surface area contributed by atoms with E-state index in [4.69, 9.17) is 4.98 Å². The van der Waals surface area contributed by atoms with Crippen LogP contribution in [0.15, 0.2) is 12.4 Å². The van der Waals surface area contributed by atoms with Gasteiger partial charge in [-0.15, -0.1) is 0 Å². The van der Waals surface area contributed by atoms with Gasteiger partial charge in [0.2, 0.25) is 0 Å². The molecular weight excluding hydrogens is 236 g/mol. The quantitative estimate of drug-likeness (QED) is 0.782. The van der Waals surface area contributed by atoms with E-state index in [9.17, 15) is 0 Å². The van der Waals surface area contributed by atoms with Crippen LogP contribution < -0.4 is 10.2 Å². The fourth-order valence-corrected chi connectivity index (χ4v) is 2.12. The zero-order valence-electron chi connectivity index (χ0n) is 12.4. The summed E-state index contributed by atoms with van der Waals surface area (Å²) in [5.41, 5.74) is 1.03. The van der Waals surface area contributed by atoms with Crippen LogP contribution in [-0.4, -0.2) is 29.1 Å². The van der Waals surface area contributed by atoms with E-state index in [1.165, 1.54) is 12.8 Å². The van der Waals surface area contributed by atoms with Crippen molar-refractivity contribution in [1.82, 2.24) is 15.3 Å². The third kappa shape index (κ3) is 4.78. The van der Waals surface area contributed by atoms with Crippen molar-refractivity contribution in [2.75, 3.05) is 18.0 Å². The molecule has 0 spiro atoms. The van der Waals surface area contributed by atoms with E-state index in [-0.39, 0.29) is 0 Å². The first-order valence-electron chi connectivity index (χ1n) is 7.48. The highest BCUT2D eigenvalue weighted by atomic mass is 15.2. The molecule has 1 N–H and O–H groups in total. The van der Waals surface area contributed by atoms with Gasteiger partial charge in [-0.05, 0) is 25.2 Å². The van der Waals surface area contributed by atoms with Crippen molar-refractivity contribution < 1.29 is 0 Å². The van der Waals surface area contributed by atoms with Gasteiger partial charge in [0, 0.05) is 31.9 Å². The van der Waals surface area contributed by atoms with E-state index in [0.717, 1.165) is 43.5 Å². The molecule has 0 unspecified atom stereocenters. The summed E-state index contributed by atoms with van der Waals surface area (Å²) in [5.74, 6) is 1.92. The fourth-order valence-electron chi connectivity index (χ4n) is 2.12. The fraction of sp³-hybridized carbons (Fsp3) is 0.733. The van der Waals surface area contributed by atoms with Crippen LogP contribution in [0.25, 0.3) is 0 Å². The lowest BCUT2D eigenvalue weighted by Crippen LogP contribution is -2.28. The highest BCUT2D eigenvalue weighted by Gasteiger charge is 2.24. The van der Waals surface area contributed by atoms with E-state index >= 15 is 0 Å². The van der Waals surface area contributed by atoms with Crippen LogP contribution in [0.1, 0.15) is 45.7 Å². The van der Waals surface area contributed by atoms with Crippen LogP contribution in [0.3, 0.4) is 0 Å². The Balaban J connectivity index is 2.01. The molecule has 1 aromatic rings. The normalized spacial score (nSPS) is 14.9. The smallest absolute Gasteiger partial charge is 0.147 e. The number of hydrogen-bond acceptors (Lipinski definition) is 4. The molecule has 4 nitrogen and oxygen atoms in total. The second kappa shape index (κ2) is 6.85. The maximum Gasteiger partial charge on any atom is 0.147 e. The summed E-state index contributed by atoms with van der Waals surface area (Å²) >= 11 is 0. The van der Waals surface area contributed by atoms with Crippen LogP contribution in [0.5, 0.6) is 0 Å². The van der Waals surface area contributed by atoms with Gasteiger partial charge in [0.25, 0.3) is 0 Å². The maximum absolute atomic E-state index is 4.75. The third-order valence-electron chi connectivity index (χ3n) is 3.36. The Bertz CT molecular complexity index is 387. The monoisotopic (exact) mass is 262 g/mol. The van der Waals surface area contributed by atoms with E-state index in [0.29, 0.717) is 6.04 Å². The van der Waals surface area contributed by atoms with Crippen molar-refractivity contribution in [3.63, 3.8) is 0 Å². The predicted molar refractivity (Wildman–Crippen MR) is 79.2 cm³/mol. The molecule has 1 aromatic heterocycles. The molecule has 0 atom stereocenters. The van der Waals surface area contributed by atoms with Crippen LogP contribution in [0, 0.1) is 5.92 Å². The van der Waals surface area contributed by atoms with Gasteiger partial charge >= 0.3 is 0 Å². The number of hydrogen-bond donors (Lipinski definition) is 1. The van der Waals surface area contributed by atoms with Crippen LogP contribution in [-0.2, 0) is 6.54 Å². The molecule has 0 aromatic carbocycles.